The number of nitrogens with two attached hydrogens (primary N) is 1. The molecular formula is C4H7BrN2O. The molecule has 0 aliphatic rings. The average molecular weight is 179 g/mol. The van der Waals surface area contributed by atoms with Crippen LogP contribution in [0.3, 0.4) is 0 Å². The Bertz CT molecular complexity index is 121. The van der Waals surface area contributed by atoms with Crippen molar-refractivity contribution in [3.05, 3.63) is 10.7 Å². The highest BCUT2D eigenvalue weighted by atomic mass is 79.9. The van der Waals surface area contributed by atoms with Crippen LogP contribution >= 0.6 is 15.9 Å². The predicted molar refractivity (Wildman–Crippen MR) is 35.9 cm³/mol. The largest absolute Gasteiger partial charge is 0.481 e. The Kier molecular flexibility index (Phi) is 3.26. The number of hydrogen-bond donors (Lipinski definition) is 2. The van der Waals surface area contributed by atoms with Crippen LogP contribution in [0.25, 0.3) is 0 Å². The van der Waals surface area contributed by atoms with Crippen LogP contribution in [0, 0.1) is 5.41 Å². The van der Waals surface area contributed by atoms with Crippen LogP contribution in [0.15, 0.2) is 10.7 Å². The van der Waals surface area contributed by atoms with Gasteiger partial charge in [0.2, 0.25) is 5.90 Å². The van der Waals surface area contributed by atoms with Gasteiger partial charge in [-0.3, -0.25) is 5.41 Å². The first-order chi connectivity index (χ1) is 3.72. The molecule has 0 saturated heterocycles. The smallest absolute Gasteiger partial charge is 0.221 e. The van der Waals surface area contributed by atoms with Gasteiger partial charge in [0.1, 0.15) is 0 Å². The Labute approximate surface area is 56.2 Å². The maximum atomic E-state index is 6.93. The van der Waals surface area contributed by atoms with E-state index >= 15 is 0 Å². The summed E-state index contributed by atoms with van der Waals surface area (Å²) in [6.07, 6.45) is 1.26. The van der Waals surface area contributed by atoms with Crippen molar-refractivity contribution in [1.29, 1.82) is 5.41 Å². The van der Waals surface area contributed by atoms with Gasteiger partial charge in [-0.15, -0.1) is 0 Å². The third-order valence-corrected chi connectivity index (χ3v) is 1.19. The maximum Gasteiger partial charge on any atom is 0.221 e. The summed E-state index contributed by atoms with van der Waals surface area (Å²) in [5.74, 6) is 0.0347. The molecule has 3 N–H and O–H groups in total. The topological polar surface area (TPSA) is 59.1 Å². The van der Waals surface area contributed by atoms with Gasteiger partial charge < -0.3 is 10.5 Å². The highest BCUT2D eigenvalue weighted by Gasteiger charge is 1.95. The summed E-state index contributed by atoms with van der Waals surface area (Å²) in [4.78, 5) is 0. The van der Waals surface area contributed by atoms with Gasteiger partial charge in [0.25, 0.3) is 0 Å². The quantitative estimate of drug-likeness (QED) is 0.462. The third-order valence-electron chi connectivity index (χ3n) is 0.567. The second-order valence-corrected chi connectivity index (χ2v) is 1.90. The zero-order valence-corrected chi connectivity index (χ0v) is 6.03. The molecule has 4 heteroatoms. The highest BCUT2D eigenvalue weighted by molar-refractivity contribution is 9.12. The van der Waals surface area contributed by atoms with E-state index in [0.717, 1.165) is 0 Å². The molecule has 46 valence electrons. The van der Waals surface area contributed by atoms with E-state index in [2.05, 4.69) is 20.7 Å². The van der Waals surface area contributed by atoms with E-state index in [9.17, 15) is 0 Å². The predicted octanol–water partition coefficient (Wildman–Crippen LogP) is 0.805. The highest BCUT2D eigenvalue weighted by Crippen LogP contribution is 2.03. The molecule has 0 spiro atoms. The first kappa shape index (κ1) is 7.49. The molecule has 0 aromatic rings. The monoisotopic (exact) mass is 178 g/mol. The summed E-state index contributed by atoms with van der Waals surface area (Å²) in [6.45, 7) is 0. The summed E-state index contributed by atoms with van der Waals surface area (Å²) < 4.78 is 4.95. The molecule has 0 aliphatic heterocycles. The Hall–Kier alpha value is -0.510. The molecule has 0 aromatic heterocycles. The second kappa shape index (κ2) is 3.49. The lowest BCUT2D eigenvalue weighted by atomic mass is 10.6. The molecule has 0 bridgehead atoms. The zero-order valence-electron chi connectivity index (χ0n) is 4.44. The molecular weight excluding hydrogens is 172 g/mol. The SMILES string of the molecule is COC(=N)/C(Br)=C\N. The van der Waals surface area contributed by atoms with Crippen LogP contribution in [0.5, 0.6) is 0 Å². The van der Waals surface area contributed by atoms with Crippen molar-refractivity contribution in [2.75, 3.05) is 7.11 Å². The maximum absolute atomic E-state index is 6.93. The minimum atomic E-state index is 0.0347. The van der Waals surface area contributed by atoms with Gasteiger partial charge in [0, 0.05) is 6.20 Å². The van der Waals surface area contributed by atoms with E-state index in [1.807, 2.05) is 0 Å². The molecule has 0 radical (unpaired) electrons. The summed E-state index contributed by atoms with van der Waals surface area (Å²) in [5.41, 5.74) is 5.02. The van der Waals surface area contributed by atoms with E-state index in [-0.39, 0.29) is 5.90 Å². The van der Waals surface area contributed by atoms with E-state index in [4.69, 9.17) is 11.1 Å². The molecule has 0 saturated carbocycles. The van der Waals surface area contributed by atoms with E-state index < -0.39 is 0 Å². The molecule has 0 aromatic carbocycles. The number of methoxy groups -OCH3 is 1. The van der Waals surface area contributed by atoms with Crippen LogP contribution in [0.1, 0.15) is 0 Å². The Morgan fingerprint density at radius 2 is 2.38 bits per heavy atom. The number of hydrogen-bond acceptors (Lipinski definition) is 3. The van der Waals surface area contributed by atoms with Crippen molar-refractivity contribution in [2.24, 2.45) is 5.73 Å². The first-order valence-corrected chi connectivity index (χ1v) is 2.72. The van der Waals surface area contributed by atoms with Crippen LogP contribution in [-0.2, 0) is 4.74 Å². The molecule has 0 amide bonds. The number of halogens is 1. The zero-order chi connectivity index (χ0) is 6.57. The van der Waals surface area contributed by atoms with Gasteiger partial charge in [-0.05, 0) is 15.9 Å². The minimum absolute atomic E-state index is 0.0347. The van der Waals surface area contributed by atoms with E-state index in [1.165, 1.54) is 13.3 Å². The molecule has 8 heavy (non-hydrogen) atoms. The fourth-order valence-electron chi connectivity index (χ4n) is 0.173. The Morgan fingerprint density at radius 1 is 1.88 bits per heavy atom. The van der Waals surface area contributed by atoms with Crippen LogP contribution < -0.4 is 5.73 Å². The van der Waals surface area contributed by atoms with Gasteiger partial charge in [-0.1, -0.05) is 0 Å². The second-order valence-electron chi connectivity index (χ2n) is 1.05. The lowest BCUT2D eigenvalue weighted by Crippen LogP contribution is -1.99. The lowest BCUT2D eigenvalue weighted by molar-refractivity contribution is 0.402. The fraction of sp³-hybridized carbons (Fsp3) is 0.250. The Morgan fingerprint density at radius 3 is 2.50 bits per heavy atom. The van der Waals surface area contributed by atoms with Gasteiger partial charge in [-0.2, -0.15) is 0 Å². The minimum Gasteiger partial charge on any atom is -0.481 e. The van der Waals surface area contributed by atoms with E-state index in [0.29, 0.717) is 4.48 Å². The lowest BCUT2D eigenvalue weighted by Gasteiger charge is -1.96. The normalized spacial score (nSPS) is 11.0. The number of nitrogens with one attached hydrogen (secondary N) is 1. The summed E-state index contributed by atoms with van der Waals surface area (Å²) in [6, 6.07) is 0. The summed E-state index contributed by atoms with van der Waals surface area (Å²) in [5, 5.41) is 6.93. The average Bonchev–Trinajstić information content (AvgIpc) is 1.84. The standard InChI is InChI=1S/C4H7BrN2O/c1-8-4(7)3(5)2-6/h2,7H,6H2,1H3/b3-2+,7-4?. The molecule has 0 fully saturated rings. The van der Waals surface area contributed by atoms with Gasteiger partial charge in [0.05, 0.1) is 11.6 Å². The van der Waals surface area contributed by atoms with Crippen molar-refractivity contribution >= 4 is 21.8 Å². The summed E-state index contributed by atoms with van der Waals surface area (Å²) in [7, 11) is 1.41. The number of ether oxygens (including phenoxy) is 1. The van der Waals surface area contributed by atoms with Crippen LogP contribution in [0.4, 0.5) is 0 Å². The molecule has 0 heterocycles. The van der Waals surface area contributed by atoms with Crippen molar-refractivity contribution in [3.63, 3.8) is 0 Å². The van der Waals surface area contributed by atoms with Gasteiger partial charge in [-0.25, -0.2) is 0 Å². The van der Waals surface area contributed by atoms with Crippen LogP contribution in [0.2, 0.25) is 0 Å². The molecule has 3 nitrogen and oxygen atoms in total. The summed E-state index contributed by atoms with van der Waals surface area (Å²) >= 11 is 2.99. The Balaban J connectivity index is 3.83. The molecule has 0 atom stereocenters. The van der Waals surface area contributed by atoms with Crippen molar-refractivity contribution in [3.8, 4) is 0 Å². The van der Waals surface area contributed by atoms with Crippen molar-refractivity contribution in [2.45, 2.75) is 0 Å². The first-order valence-electron chi connectivity index (χ1n) is 1.92. The van der Waals surface area contributed by atoms with Gasteiger partial charge in [0.15, 0.2) is 0 Å². The van der Waals surface area contributed by atoms with Crippen LogP contribution in [-0.4, -0.2) is 13.0 Å². The molecule has 0 rings (SSSR count). The van der Waals surface area contributed by atoms with Crippen molar-refractivity contribution in [1.82, 2.24) is 0 Å². The third kappa shape index (κ3) is 1.97. The molecule has 0 unspecified atom stereocenters. The van der Waals surface area contributed by atoms with Crippen molar-refractivity contribution < 1.29 is 4.74 Å². The fourth-order valence-corrected chi connectivity index (χ4v) is 0.335. The van der Waals surface area contributed by atoms with E-state index in [1.54, 1.807) is 0 Å². The molecule has 0 aliphatic carbocycles. The number of rotatable bonds is 1. The van der Waals surface area contributed by atoms with Gasteiger partial charge >= 0.3 is 0 Å².